The van der Waals surface area contributed by atoms with Crippen LogP contribution in [0, 0.1) is 5.92 Å². The van der Waals surface area contributed by atoms with Crippen LogP contribution in [0.2, 0.25) is 0 Å². The highest BCUT2D eigenvalue weighted by Crippen LogP contribution is 2.27. The zero-order valence-corrected chi connectivity index (χ0v) is 24.4. The number of aromatic nitrogens is 1. The Labute approximate surface area is 248 Å². The number of H-pyrrole nitrogens is 1. The molecule has 0 atom stereocenters. The summed E-state index contributed by atoms with van der Waals surface area (Å²) in [6.45, 7) is 5.76. The first kappa shape index (κ1) is 28.9. The van der Waals surface area contributed by atoms with Crippen molar-refractivity contribution in [1.29, 1.82) is 0 Å². The van der Waals surface area contributed by atoms with E-state index in [2.05, 4.69) is 31.0 Å². The molecule has 0 radical (unpaired) electrons. The molecule has 2 amide bonds. The second-order valence-corrected chi connectivity index (χ2v) is 11.3. The first-order chi connectivity index (χ1) is 20.5. The maximum Gasteiger partial charge on any atom is 0.242 e. The molecule has 0 saturated heterocycles. The van der Waals surface area contributed by atoms with Crippen molar-refractivity contribution in [3.8, 4) is 0 Å². The molecule has 5 aromatic rings. The fraction of sp³-hybridized carbons (Fsp3) is 0.243. The van der Waals surface area contributed by atoms with E-state index in [-0.39, 0.29) is 24.3 Å². The topological polar surface area (TPSA) is 56.4 Å². The van der Waals surface area contributed by atoms with Crippen LogP contribution in [0.15, 0.2) is 121 Å². The Morgan fingerprint density at radius 3 is 1.90 bits per heavy atom. The Morgan fingerprint density at radius 1 is 0.714 bits per heavy atom. The summed E-state index contributed by atoms with van der Waals surface area (Å²) in [5.74, 6) is -0.367. The Bertz CT molecular complexity index is 1540. The molecule has 0 spiro atoms. The number of fused-ring (bicyclic) bond motifs is 1. The summed E-state index contributed by atoms with van der Waals surface area (Å²) in [5.41, 5.74) is 5.19. The maximum atomic E-state index is 14.3. The average Bonchev–Trinajstić information content (AvgIpc) is 3.43. The largest absolute Gasteiger partial charge is 0.361 e. The molecular formula is C37H39N3O2. The van der Waals surface area contributed by atoms with Gasteiger partial charge < -0.3 is 14.8 Å². The van der Waals surface area contributed by atoms with Crippen molar-refractivity contribution in [2.75, 3.05) is 19.6 Å². The van der Waals surface area contributed by atoms with Crippen LogP contribution in [0.4, 0.5) is 0 Å². The lowest BCUT2D eigenvalue weighted by atomic mass is 9.89. The first-order valence-electron chi connectivity index (χ1n) is 14.7. The van der Waals surface area contributed by atoms with E-state index in [1.165, 1.54) is 10.9 Å². The van der Waals surface area contributed by atoms with Gasteiger partial charge in [-0.25, -0.2) is 0 Å². The van der Waals surface area contributed by atoms with Crippen LogP contribution < -0.4 is 0 Å². The fourth-order valence-corrected chi connectivity index (χ4v) is 5.58. The number of para-hydroxylation sites is 1. The molecule has 1 N–H and O–H groups in total. The van der Waals surface area contributed by atoms with Crippen LogP contribution in [0.25, 0.3) is 10.9 Å². The number of amides is 2. The van der Waals surface area contributed by atoms with Gasteiger partial charge in [-0.15, -0.1) is 0 Å². The predicted octanol–water partition coefficient (Wildman–Crippen LogP) is 7.06. The molecule has 1 heterocycles. The minimum Gasteiger partial charge on any atom is -0.361 e. The highest BCUT2D eigenvalue weighted by atomic mass is 16.2. The molecule has 0 bridgehead atoms. The molecule has 42 heavy (non-hydrogen) atoms. The van der Waals surface area contributed by atoms with Gasteiger partial charge in [0.1, 0.15) is 0 Å². The van der Waals surface area contributed by atoms with Gasteiger partial charge in [0.2, 0.25) is 11.8 Å². The molecule has 0 unspecified atom stereocenters. The van der Waals surface area contributed by atoms with E-state index in [1.54, 1.807) is 4.90 Å². The van der Waals surface area contributed by atoms with E-state index in [9.17, 15) is 9.59 Å². The second kappa shape index (κ2) is 13.8. The van der Waals surface area contributed by atoms with Gasteiger partial charge >= 0.3 is 0 Å². The molecular weight excluding hydrogens is 518 g/mol. The van der Waals surface area contributed by atoms with Crippen molar-refractivity contribution in [1.82, 2.24) is 14.8 Å². The van der Waals surface area contributed by atoms with Gasteiger partial charge in [-0.05, 0) is 40.7 Å². The van der Waals surface area contributed by atoms with E-state index in [1.807, 2.05) is 114 Å². The predicted molar refractivity (Wildman–Crippen MR) is 170 cm³/mol. The molecule has 1 aromatic heterocycles. The van der Waals surface area contributed by atoms with Crippen LogP contribution in [-0.2, 0) is 22.6 Å². The van der Waals surface area contributed by atoms with Gasteiger partial charge in [0.15, 0.2) is 0 Å². The fourth-order valence-electron chi connectivity index (χ4n) is 5.58. The zero-order chi connectivity index (χ0) is 29.3. The Kier molecular flexibility index (Phi) is 9.50. The summed E-state index contributed by atoms with van der Waals surface area (Å²) in [5, 5.41) is 1.18. The lowest BCUT2D eigenvalue weighted by molar-refractivity contribution is -0.141. The third-order valence-corrected chi connectivity index (χ3v) is 7.63. The smallest absolute Gasteiger partial charge is 0.242 e. The van der Waals surface area contributed by atoms with Crippen LogP contribution >= 0.6 is 0 Å². The number of aromatic amines is 1. The number of hydrogen-bond acceptors (Lipinski definition) is 2. The van der Waals surface area contributed by atoms with Gasteiger partial charge in [-0.1, -0.05) is 123 Å². The molecule has 214 valence electrons. The molecule has 0 aliphatic heterocycles. The molecule has 5 heteroatoms. The molecule has 0 aliphatic rings. The highest BCUT2D eigenvalue weighted by Gasteiger charge is 2.30. The van der Waals surface area contributed by atoms with Gasteiger partial charge in [0.25, 0.3) is 0 Å². The monoisotopic (exact) mass is 557 g/mol. The normalized spacial score (nSPS) is 11.2. The zero-order valence-electron chi connectivity index (χ0n) is 24.4. The Morgan fingerprint density at radius 2 is 1.29 bits per heavy atom. The lowest BCUT2D eigenvalue weighted by Gasteiger charge is -2.31. The second-order valence-electron chi connectivity index (χ2n) is 11.3. The van der Waals surface area contributed by atoms with E-state index >= 15 is 0 Å². The van der Waals surface area contributed by atoms with Crippen molar-refractivity contribution >= 4 is 22.7 Å². The Balaban J connectivity index is 1.41. The quantitative estimate of drug-likeness (QED) is 0.179. The summed E-state index contributed by atoms with van der Waals surface area (Å²) >= 11 is 0. The minimum atomic E-state index is -0.479. The number of hydrogen-bond donors (Lipinski definition) is 1. The van der Waals surface area contributed by atoms with E-state index in [0.717, 1.165) is 28.6 Å². The maximum absolute atomic E-state index is 14.3. The van der Waals surface area contributed by atoms with Crippen molar-refractivity contribution in [2.45, 2.75) is 32.7 Å². The van der Waals surface area contributed by atoms with Gasteiger partial charge in [0, 0.05) is 36.7 Å². The molecule has 5 nitrogen and oxygen atoms in total. The average molecular weight is 558 g/mol. The minimum absolute atomic E-state index is 0.0356. The van der Waals surface area contributed by atoms with Crippen LogP contribution in [-0.4, -0.2) is 46.2 Å². The third kappa shape index (κ3) is 7.16. The van der Waals surface area contributed by atoms with Crippen molar-refractivity contribution < 1.29 is 9.59 Å². The van der Waals surface area contributed by atoms with Gasteiger partial charge in [-0.2, -0.15) is 0 Å². The number of rotatable bonds is 12. The highest BCUT2D eigenvalue weighted by molar-refractivity contribution is 5.91. The molecule has 5 rings (SSSR count). The van der Waals surface area contributed by atoms with Crippen LogP contribution in [0.3, 0.4) is 0 Å². The van der Waals surface area contributed by atoms with Crippen LogP contribution in [0.5, 0.6) is 0 Å². The number of nitrogens with one attached hydrogen (secondary N) is 1. The molecule has 0 fully saturated rings. The van der Waals surface area contributed by atoms with Crippen molar-refractivity contribution in [3.05, 3.63) is 144 Å². The summed E-state index contributed by atoms with van der Waals surface area (Å²) in [4.78, 5) is 35.4. The summed E-state index contributed by atoms with van der Waals surface area (Å²) in [7, 11) is 0. The van der Waals surface area contributed by atoms with Crippen LogP contribution in [0.1, 0.15) is 42.0 Å². The van der Waals surface area contributed by atoms with Gasteiger partial charge in [0.05, 0.1) is 12.5 Å². The van der Waals surface area contributed by atoms with E-state index in [4.69, 9.17) is 0 Å². The Hall–Kier alpha value is -4.64. The number of nitrogens with zero attached hydrogens (tertiary/aromatic N) is 2. The number of carbonyl (C=O) groups excluding carboxylic acids is 2. The SMILES string of the molecule is CC(C)CN(CC(=O)N(CCc1c[nH]c2ccccc12)Cc1ccccc1)C(=O)C(c1ccccc1)c1ccccc1. The summed E-state index contributed by atoms with van der Waals surface area (Å²) in [6, 6.07) is 38.0. The molecule has 0 aliphatic carbocycles. The standard InChI is InChI=1S/C37H39N3O2/c1-28(2)25-40(37(42)36(30-16-8-4-9-17-30)31-18-10-5-11-19-31)27-35(41)39(26-29-14-6-3-7-15-29)23-22-32-24-38-34-21-13-12-20-33(32)34/h3-21,24,28,36,38H,22-23,25-27H2,1-2H3. The third-order valence-electron chi connectivity index (χ3n) is 7.63. The van der Waals surface area contributed by atoms with Crippen molar-refractivity contribution in [2.24, 2.45) is 5.92 Å². The molecule has 4 aromatic carbocycles. The number of carbonyl (C=O) groups is 2. The number of benzene rings is 4. The summed E-state index contributed by atoms with van der Waals surface area (Å²) in [6.07, 6.45) is 2.76. The van der Waals surface area contributed by atoms with E-state index < -0.39 is 5.92 Å². The first-order valence-corrected chi connectivity index (χ1v) is 14.7. The summed E-state index contributed by atoms with van der Waals surface area (Å²) < 4.78 is 0. The van der Waals surface area contributed by atoms with Crippen molar-refractivity contribution in [3.63, 3.8) is 0 Å². The lowest BCUT2D eigenvalue weighted by Crippen LogP contribution is -2.46. The van der Waals surface area contributed by atoms with E-state index in [0.29, 0.717) is 19.6 Å². The van der Waals surface area contributed by atoms with Gasteiger partial charge in [-0.3, -0.25) is 9.59 Å². The molecule has 0 saturated carbocycles.